The van der Waals surface area contributed by atoms with Crippen molar-refractivity contribution < 1.29 is 23.8 Å². The maximum Gasteiger partial charge on any atom is 0.305 e. The van der Waals surface area contributed by atoms with Crippen molar-refractivity contribution in [3.8, 4) is 0 Å². The number of fused-ring (bicyclic) bond motifs is 1. The topological polar surface area (TPSA) is 79.7 Å². The third-order valence-electron chi connectivity index (χ3n) is 5.35. The zero-order chi connectivity index (χ0) is 19.7. The minimum absolute atomic E-state index is 0.0892. The van der Waals surface area contributed by atoms with Crippen LogP contribution in [-0.4, -0.2) is 52.7 Å². The van der Waals surface area contributed by atoms with Gasteiger partial charge in [-0.3, -0.25) is 14.6 Å². The van der Waals surface area contributed by atoms with Crippen LogP contribution >= 0.6 is 0 Å². The van der Waals surface area contributed by atoms with Crippen molar-refractivity contribution >= 4 is 22.8 Å². The zero-order valence-corrected chi connectivity index (χ0v) is 15.6. The number of rotatable bonds is 7. The number of aromatic nitrogens is 1. The largest absolute Gasteiger partial charge is 0.481 e. The lowest BCUT2D eigenvalue weighted by Gasteiger charge is -2.26. The summed E-state index contributed by atoms with van der Waals surface area (Å²) in [5, 5.41) is 9.54. The maximum atomic E-state index is 13.9. The van der Waals surface area contributed by atoms with Crippen molar-refractivity contribution in [3.63, 3.8) is 0 Å². The van der Waals surface area contributed by atoms with Gasteiger partial charge in [-0.2, -0.15) is 0 Å². The highest BCUT2D eigenvalue weighted by Crippen LogP contribution is 2.40. The number of amides is 1. The fraction of sp³-hybridized carbons (Fsp3) is 0.476. The molecule has 0 bridgehead atoms. The summed E-state index contributed by atoms with van der Waals surface area (Å²) >= 11 is 0. The summed E-state index contributed by atoms with van der Waals surface area (Å²) in [6.07, 6.45) is 3.60. The van der Waals surface area contributed by atoms with E-state index in [9.17, 15) is 14.0 Å². The van der Waals surface area contributed by atoms with Gasteiger partial charge < -0.3 is 14.7 Å². The lowest BCUT2D eigenvalue weighted by molar-refractivity contribution is -0.137. The molecule has 0 radical (unpaired) electrons. The summed E-state index contributed by atoms with van der Waals surface area (Å²) in [6.45, 7) is 1.08. The molecule has 1 amide bonds. The number of carbonyl (C=O) groups is 2. The second-order valence-corrected chi connectivity index (χ2v) is 7.56. The van der Waals surface area contributed by atoms with E-state index in [4.69, 9.17) is 9.84 Å². The summed E-state index contributed by atoms with van der Waals surface area (Å²) in [7, 11) is 0. The van der Waals surface area contributed by atoms with E-state index in [-0.39, 0.29) is 25.0 Å². The average Bonchev–Trinajstić information content (AvgIpc) is 3.40. The molecule has 0 spiro atoms. The normalized spacial score (nSPS) is 19.1. The van der Waals surface area contributed by atoms with Crippen molar-refractivity contribution in [3.05, 3.63) is 41.3 Å². The van der Waals surface area contributed by atoms with Gasteiger partial charge in [0.15, 0.2) is 0 Å². The number of carbonyl (C=O) groups excluding carboxylic acids is 1. The van der Waals surface area contributed by atoms with Crippen LogP contribution < -0.4 is 0 Å². The minimum Gasteiger partial charge on any atom is -0.481 e. The van der Waals surface area contributed by atoms with Crippen LogP contribution in [0.4, 0.5) is 4.39 Å². The van der Waals surface area contributed by atoms with Gasteiger partial charge in [-0.1, -0.05) is 0 Å². The molecule has 7 heteroatoms. The summed E-state index contributed by atoms with van der Waals surface area (Å²) in [6, 6.07) is 6.02. The molecule has 2 fully saturated rings. The summed E-state index contributed by atoms with van der Waals surface area (Å²) in [5.74, 6) is -1.35. The molecule has 1 unspecified atom stereocenters. The van der Waals surface area contributed by atoms with Crippen molar-refractivity contribution in [2.24, 2.45) is 0 Å². The van der Waals surface area contributed by atoms with E-state index in [1.807, 2.05) is 0 Å². The van der Waals surface area contributed by atoms with E-state index in [1.54, 1.807) is 12.1 Å². The number of carboxylic acid groups (broad SMARTS) is 1. The quantitative estimate of drug-likeness (QED) is 0.789. The molecule has 6 nitrogen and oxygen atoms in total. The van der Waals surface area contributed by atoms with Crippen molar-refractivity contribution in [1.29, 1.82) is 0 Å². The monoisotopic (exact) mass is 386 g/mol. The summed E-state index contributed by atoms with van der Waals surface area (Å²) in [4.78, 5) is 30.6. The zero-order valence-electron chi connectivity index (χ0n) is 15.6. The smallest absolute Gasteiger partial charge is 0.305 e. The second kappa shape index (κ2) is 7.83. The Morgan fingerprint density at radius 2 is 2.07 bits per heavy atom. The molecule has 28 heavy (non-hydrogen) atoms. The van der Waals surface area contributed by atoms with Gasteiger partial charge in [-0.05, 0) is 49.9 Å². The average molecular weight is 386 g/mol. The first-order valence-corrected chi connectivity index (χ1v) is 9.74. The van der Waals surface area contributed by atoms with Crippen LogP contribution in [-0.2, 0) is 9.53 Å². The number of aliphatic carboxylic acids is 1. The molecule has 2 aliphatic rings. The van der Waals surface area contributed by atoms with Crippen LogP contribution in [0.15, 0.2) is 24.3 Å². The van der Waals surface area contributed by atoms with E-state index >= 15 is 0 Å². The number of pyridine rings is 1. The first-order chi connectivity index (χ1) is 13.5. The SMILES string of the molecule is O=C(O)CCN(CC1CCCO1)C(=O)c1cc(C2CC2)nc2ccc(F)cc12. The molecule has 1 aromatic carbocycles. The van der Waals surface area contributed by atoms with E-state index < -0.39 is 11.8 Å². The molecule has 4 rings (SSSR count). The number of ether oxygens (including phenoxy) is 1. The van der Waals surface area contributed by atoms with E-state index in [2.05, 4.69) is 4.98 Å². The number of carboxylic acids is 1. The van der Waals surface area contributed by atoms with Gasteiger partial charge in [0.2, 0.25) is 0 Å². The Balaban J connectivity index is 1.70. The first-order valence-electron chi connectivity index (χ1n) is 9.74. The lowest BCUT2D eigenvalue weighted by Crippen LogP contribution is -2.39. The molecule has 148 valence electrons. The lowest BCUT2D eigenvalue weighted by atomic mass is 10.0. The van der Waals surface area contributed by atoms with Crippen LogP contribution in [0.5, 0.6) is 0 Å². The van der Waals surface area contributed by atoms with E-state index in [1.165, 1.54) is 17.0 Å². The highest BCUT2D eigenvalue weighted by molar-refractivity contribution is 6.06. The van der Waals surface area contributed by atoms with Crippen molar-refractivity contribution in [1.82, 2.24) is 9.88 Å². The molecule has 1 saturated carbocycles. The van der Waals surface area contributed by atoms with Crippen LogP contribution in [0, 0.1) is 5.82 Å². The van der Waals surface area contributed by atoms with Crippen LogP contribution in [0.25, 0.3) is 10.9 Å². The highest BCUT2D eigenvalue weighted by Gasteiger charge is 2.29. The highest BCUT2D eigenvalue weighted by atomic mass is 19.1. The van der Waals surface area contributed by atoms with Gasteiger partial charge in [0.1, 0.15) is 5.82 Å². The van der Waals surface area contributed by atoms with Crippen LogP contribution in [0.3, 0.4) is 0 Å². The molecule has 2 heterocycles. The fourth-order valence-corrected chi connectivity index (χ4v) is 3.69. The standard InChI is InChI=1S/C21H23FN2O4/c22-14-5-6-18-16(10-14)17(11-19(23-18)13-3-4-13)21(27)24(8-7-20(25)26)12-15-2-1-9-28-15/h5-6,10-11,13,15H,1-4,7-9,12H2,(H,25,26). The maximum absolute atomic E-state index is 13.9. The summed E-state index contributed by atoms with van der Waals surface area (Å²) in [5.41, 5.74) is 1.82. The first kappa shape index (κ1) is 18.8. The Labute approximate surface area is 162 Å². The van der Waals surface area contributed by atoms with Gasteiger partial charge in [0.05, 0.1) is 23.6 Å². The van der Waals surface area contributed by atoms with Gasteiger partial charge in [-0.25, -0.2) is 4.39 Å². The van der Waals surface area contributed by atoms with Crippen LogP contribution in [0.2, 0.25) is 0 Å². The Morgan fingerprint density at radius 1 is 1.25 bits per heavy atom. The third-order valence-corrected chi connectivity index (χ3v) is 5.35. The Bertz CT molecular complexity index is 907. The number of halogens is 1. The number of nitrogens with zero attached hydrogens (tertiary/aromatic N) is 2. The Morgan fingerprint density at radius 3 is 2.75 bits per heavy atom. The molecule has 1 saturated heterocycles. The molecular weight excluding hydrogens is 363 g/mol. The number of benzene rings is 1. The number of hydrogen-bond acceptors (Lipinski definition) is 4. The van der Waals surface area contributed by atoms with Crippen molar-refractivity contribution in [2.45, 2.75) is 44.1 Å². The molecule has 1 atom stereocenters. The Hall–Kier alpha value is -2.54. The number of hydrogen-bond donors (Lipinski definition) is 1. The van der Waals surface area contributed by atoms with Gasteiger partial charge in [-0.15, -0.1) is 0 Å². The molecule has 1 N–H and O–H groups in total. The van der Waals surface area contributed by atoms with E-state index in [0.717, 1.165) is 31.4 Å². The Kier molecular flexibility index (Phi) is 5.26. The van der Waals surface area contributed by atoms with Crippen molar-refractivity contribution in [2.75, 3.05) is 19.7 Å². The van der Waals surface area contributed by atoms with Gasteiger partial charge >= 0.3 is 5.97 Å². The minimum atomic E-state index is -0.963. The second-order valence-electron chi connectivity index (χ2n) is 7.56. The molecular formula is C21H23FN2O4. The predicted molar refractivity (Wildman–Crippen MR) is 101 cm³/mol. The van der Waals surface area contributed by atoms with Gasteiger partial charge in [0, 0.05) is 36.7 Å². The van der Waals surface area contributed by atoms with E-state index in [0.29, 0.717) is 35.5 Å². The molecule has 1 aromatic heterocycles. The summed E-state index contributed by atoms with van der Waals surface area (Å²) < 4.78 is 19.5. The molecule has 2 aromatic rings. The predicted octanol–water partition coefficient (Wildman–Crippen LogP) is 3.35. The van der Waals surface area contributed by atoms with Crippen LogP contribution in [0.1, 0.15) is 54.1 Å². The molecule has 1 aliphatic carbocycles. The third kappa shape index (κ3) is 4.14. The fourth-order valence-electron chi connectivity index (χ4n) is 3.69. The van der Waals surface area contributed by atoms with Gasteiger partial charge in [0.25, 0.3) is 5.91 Å². The molecule has 1 aliphatic heterocycles.